The van der Waals surface area contributed by atoms with E-state index < -0.39 is 11.6 Å². The number of hydrogen-bond acceptors (Lipinski definition) is 8. The van der Waals surface area contributed by atoms with Crippen LogP contribution in [0.2, 0.25) is 0 Å². The highest BCUT2D eigenvalue weighted by molar-refractivity contribution is 5.94. The highest BCUT2D eigenvalue weighted by atomic mass is 19.1. The summed E-state index contributed by atoms with van der Waals surface area (Å²) in [7, 11) is 3.13. The fourth-order valence-corrected chi connectivity index (χ4v) is 4.72. The van der Waals surface area contributed by atoms with Gasteiger partial charge in [-0.1, -0.05) is 18.7 Å². The van der Waals surface area contributed by atoms with Crippen LogP contribution in [-0.2, 0) is 4.79 Å². The van der Waals surface area contributed by atoms with Crippen molar-refractivity contribution in [3.05, 3.63) is 73.3 Å². The molecule has 10 heteroatoms. The van der Waals surface area contributed by atoms with Gasteiger partial charge in [-0.25, -0.2) is 14.4 Å². The van der Waals surface area contributed by atoms with Gasteiger partial charge in [-0.05, 0) is 47.5 Å². The number of carbonyl (C=O) groups is 1. The number of anilines is 2. The quantitative estimate of drug-likeness (QED) is 0.282. The smallest absolute Gasteiger partial charge is 0.245 e. The number of rotatable bonds is 8. The highest BCUT2D eigenvalue weighted by Crippen LogP contribution is 2.38. The van der Waals surface area contributed by atoms with Gasteiger partial charge in [0.25, 0.3) is 0 Å². The van der Waals surface area contributed by atoms with E-state index in [9.17, 15) is 14.3 Å². The molecule has 1 fully saturated rings. The number of aromatic hydroxyl groups is 1. The average Bonchev–Trinajstić information content (AvgIpc) is 2.98. The monoisotopic (exact) mass is 544 g/mol. The molecule has 1 saturated heterocycles. The van der Waals surface area contributed by atoms with Crippen LogP contribution < -0.4 is 19.5 Å². The highest BCUT2D eigenvalue weighted by Gasteiger charge is 2.24. The van der Waals surface area contributed by atoms with Crippen molar-refractivity contribution in [2.24, 2.45) is 0 Å². The zero-order valence-corrected chi connectivity index (χ0v) is 22.2. The zero-order valence-electron chi connectivity index (χ0n) is 22.2. The van der Waals surface area contributed by atoms with Crippen LogP contribution in [-0.4, -0.2) is 59.3 Å². The van der Waals surface area contributed by atoms with Crippen LogP contribution in [0.4, 0.5) is 15.9 Å². The molecule has 2 N–H and O–H groups in total. The van der Waals surface area contributed by atoms with Gasteiger partial charge < -0.3 is 29.5 Å². The number of nitrogens with one attached hydrogen (secondary N) is 1. The molecular weight excluding hydrogens is 515 g/mol. The normalized spacial score (nSPS) is 13.6. The lowest BCUT2D eigenvalue weighted by molar-refractivity contribution is -0.127. The molecule has 0 saturated carbocycles. The molecule has 1 amide bonds. The number of methoxy groups -OCH3 is 2. The van der Waals surface area contributed by atoms with Crippen molar-refractivity contribution in [1.82, 2.24) is 14.9 Å². The predicted octanol–water partition coefficient (Wildman–Crippen LogP) is 5.46. The van der Waals surface area contributed by atoms with Crippen molar-refractivity contribution in [2.75, 3.05) is 32.6 Å². The molecule has 0 spiro atoms. The van der Waals surface area contributed by atoms with Crippen LogP contribution in [0, 0.1) is 5.82 Å². The van der Waals surface area contributed by atoms with E-state index in [0.29, 0.717) is 71.2 Å². The van der Waals surface area contributed by atoms with Crippen molar-refractivity contribution in [3.8, 4) is 34.1 Å². The molecule has 206 valence electrons. The molecule has 9 nitrogen and oxygen atoms in total. The number of piperidine rings is 1. The summed E-state index contributed by atoms with van der Waals surface area (Å²) in [5.41, 5.74) is 2.63. The van der Waals surface area contributed by atoms with Crippen molar-refractivity contribution in [2.45, 2.75) is 18.9 Å². The first-order valence-corrected chi connectivity index (χ1v) is 12.7. The summed E-state index contributed by atoms with van der Waals surface area (Å²) in [5.74, 6) is 0.969. The van der Waals surface area contributed by atoms with Gasteiger partial charge in [-0.2, -0.15) is 0 Å². The van der Waals surface area contributed by atoms with Crippen LogP contribution in [0.15, 0.2) is 67.5 Å². The van der Waals surface area contributed by atoms with Crippen LogP contribution in [0.5, 0.6) is 23.0 Å². The largest absolute Gasteiger partial charge is 0.505 e. The Morgan fingerprint density at radius 3 is 2.45 bits per heavy atom. The molecule has 1 aliphatic heterocycles. The minimum Gasteiger partial charge on any atom is -0.505 e. The van der Waals surface area contributed by atoms with Crippen LogP contribution in [0.25, 0.3) is 22.0 Å². The minimum absolute atomic E-state index is 0.0784. The number of hydrogen-bond donors (Lipinski definition) is 2. The van der Waals surface area contributed by atoms with E-state index in [0.717, 1.165) is 5.56 Å². The Morgan fingerprint density at radius 1 is 1.02 bits per heavy atom. The van der Waals surface area contributed by atoms with E-state index in [1.165, 1.54) is 24.5 Å². The van der Waals surface area contributed by atoms with Crippen molar-refractivity contribution < 1.29 is 28.5 Å². The first kappa shape index (κ1) is 26.7. The summed E-state index contributed by atoms with van der Waals surface area (Å²) in [5, 5.41) is 13.9. The average molecular weight is 545 g/mol. The Bertz CT molecular complexity index is 1570. The number of phenolic OH excluding ortho intramolecular Hbond substituents is 1. The number of amides is 1. The molecular formula is C30H29FN4O5. The van der Waals surface area contributed by atoms with Gasteiger partial charge in [-0.3, -0.25) is 4.79 Å². The number of fused-ring (bicyclic) bond motifs is 1. The standard InChI is InChI=1S/C30H29FN4O5/c1-4-29(37)35-11-9-20(10-12-35)40-28-15-21-23(16-27(28)39-3)32-17-33-30(21)34-24-13-18(6-8-26(24)38-2)19-5-7-22(31)25(36)14-19/h4-8,13-17,20,36H,1,9-12H2,2-3H3,(H,32,33,34). The Labute approximate surface area is 230 Å². The predicted molar refractivity (Wildman–Crippen MR) is 150 cm³/mol. The molecule has 0 aliphatic carbocycles. The number of nitrogens with zero attached hydrogens (tertiary/aromatic N) is 3. The van der Waals surface area contributed by atoms with E-state index in [1.807, 2.05) is 18.2 Å². The van der Waals surface area contributed by atoms with Crippen LogP contribution in [0.1, 0.15) is 12.8 Å². The molecule has 0 radical (unpaired) electrons. The lowest BCUT2D eigenvalue weighted by Gasteiger charge is -2.31. The van der Waals surface area contributed by atoms with Gasteiger partial charge in [0, 0.05) is 37.4 Å². The second kappa shape index (κ2) is 11.5. The topological polar surface area (TPSA) is 106 Å². The summed E-state index contributed by atoms with van der Waals surface area (Å²) in [4.78, 5) is 22.6. The SMILES string of the molecule is C=CC(=O)N1CCC(Oc2cc3c(Nc4cc(-c5ccc(F)c(O)c5)ccc4OC)ncnc3cc2OC)CC1. The Balaban J connectivity index is 1.46. The summed E-state index contributed by atoms with van der Waals surface area (Å²) < 4.78 is 31.1. The number of aromatic nitrogens is 2. The third-order valence-corrected chi connectivity index (χ3v) is 6.87. The minimum atomic E-state index is -0.688. The maximum atomic E-state index is 13.6. The summed E-state index contributed by atoms with van der Waals surface area (Å²) in [6, 6.07) is 13.2. The Hall–Kier alpha value is -4.86. The van der Waals surface area contributed by atoms with Crippen molar-refractivity contribution >= 4 is 28.3 Å². The molecule has 4 aromatic rings. The molecule has 0 atom stereocenters. The fraction of sp³-hybridized carbons (Fsp3) is 0.233. The van der Waals surface area contributed by atoms with Crippen LogP contribution in [0.3, 0.4) is 0 Å². The first-order chi connectivity index (χ1) is 19.4. The molecule has 0 unspecified atom stereocenters. The van der Waals surface area contributed by atoms with Gasteiger partial charge in [0.05, 0.1) is 25.4 Å². The van der Waals surface area contributed by atoms with Gasteiger partial charge in [0.15, 0.2) is 23.1 Å². The summed E-state index contributed by atoms with van der Waals surface area (Å²) in [6.45, 7) is 4.73. The van der Waals surface area contributed by atoms with Crippen molar-refractivity contribution in [1.29, 1.82) is 0 Å². The zero-order chi connectivity index (χ0) is 28.2. The van der Waals surface area contributed by atoms with Crippen molar-refractivity contribution in [3.63, 3.8) is 0 Å². The van der Waals surface area contributed by atoms with Gasteiger partial charge in [0.2, 0.25) is 5.91 Å². The molecule has 5 rings (SSSR count). The lowest BCUT2D eigenvalue weighted by Crippen LogP contribution is -2.41. The molecule has 1 aliphatic rings. The lowest BCUT2D eigenvalue weighted by atomic mass is 10.0. The maximum Gasteiger partial charge on any atom is 0.245 e. The van der Waals surface area contributed by atoms with E-state index >= 15 is 0 Å². The van der Waals surface area contributed by atoms with E-state index in [1.54, 1.807) is 37.3 Å². The van der Waals surface area contributed by atoms with Crippen LogP contribution >= 0.6 is 0 Å². The second-order valence-electron chi connectivity index (χ2n) is 9.30. The van der Waals surface area contributed by atoms with Gasteiger partial charge in [0.1, 0.15) is 24.0 Å². The van der Waals surface area contributed by atoms with Gasteiger partial charge in [-0.15, -0.1) is 0 Å². The van der Waals surface area contributed by atoms with E-state index in [-0.39, 0.29) is 12.0 Å². The molecule has 0 bridgehead atoms. The Kier molecular flexibility index (Phi) is 7.68. The molecule has 3 aromatic carbocycles. The molecule has 40 heavy (non-hydrogen) atoms. The summed E-state index contributed by atoms with van der Waals surface area (Å²) in [6.07, 6.45) is 4.05. The van der Waals surface area contributed by atoms with Gasteiger partial charge >= 0.3 is 0 Å². The number of benzene rings is 3. The third-order valence-electron chi connectivity index (χ3n) is 6.87. The summed E-state index contributed by atoms with van der Waals surface area (Å²) >= 11 is 0. The first-order valence-electron chi connectivity index (χ1n) is 12.7. The number of halogens is 1. The number of carbonyl (C=O) groups excluding carboxylic acids is 1. The Morgan fingerprint density at radius 2 is 1.75 bits per heavy atom. The third kappa shape index (κ3) is 5.47. The van der Waals surface area contributed by atoms with E-state index in [2.05, 4.69) is 21.9 Å². The molecule has 2 heterocycles. The second-order valence-corrected chi connectivity index (χ2v) is 9.30. The fourth-order valence-electron chi connectivity index (χ4n) is 4.72. The molecule has 1 aromatic heterocycles. The number of ether oxygens (including phenoxy) is 3. The maximum absolute atomic E-state index is 13.6. The number of likely N-dealkylation sites (tertiary alicyclic amines) is 1. The number of phenols is 1. The van der Waals surface area contributed by atoms with E-state index in [4.69, 9.17) is 14.2 Å².